The minimum Gasteiger partial charge on any atom is -0.462 e. The van der Waals surface area contributed by atoms with Crippen molar-refractivity contribution >= 4 is 52.9 Å². The molecule has 0 bridgehead atoms. The third-order valence-corrected chi connectivity index (χ3v) is 8.80. The predicted octanol–water partition coefficient (Wildman–Crippen LogP) is 3.70. The van der Waals surface area contributed by atoms with Crippen molar-refractivity contribution in [2.24, 2.45) is 0 Å². The number of ether oxygens (including phenoxy) is 2. The zero-order valence-corrected chi connectivity index (χ0v) is 25.7. The lowest BCUT2D eigenvalue weighted by atomic mass is 9.98. The van der Waals surface area contributed by atoms with Crippen LogP contribution in [0, 0.1) is 3.57 Å². The average molecular weight is 704 g/mol. The Morgan fingerprint density at radius 1 is 1.29 bits per heavy atom. The highest BCUT2D eigenvalue weighted by Gasteiger charge is 2.56. The number of halogens is 2. The van der Waals surface area contributed by atoms with Crippen LogP contribution in [0.5, 0.6) is 5.75 Å². The van der Waals surface area contributed by atoms with Crippen LogP contribution in [0.15, 0.2) is 53.5 Å². The van der Waals surface area contributed by atoms with E-state index in [1.807, 2.05) is 40.8 Å². The lowest BCUT2D eigenvalue weighted by Gasteiger charge is -2.26. The number of carbonyl (C=O) groups is 1. The molecule has 1 fully saturated rings. The first-order valence-electron chi connectivity index (χ1n) is 12.7. The Hall–Kier alpha value is -2.62. The number of aromatic nitrogens is 2. The van der Waals surface area contributed by atoms with Crippen LogP contribution >= 0.6 is 30.3 Å². The van der Waals surface area contributed by atoms with E-state index in [-0.39, 0.29) is 11.6 Å². The average Bonchev–Trinajstić information content (AvgIpc) is 3.13. The van der Waals surface area contributed by atoms with Crippen LogP contribution in [-0.4, -0.2) is 57.3 Å². The second-order valence-corrected chi connectivity index (χ2v) is 12.8. The number of nitrogens with one attached hydrogen (secondary N) is 1. The van der Waals surface area contributed by atoms with Gasteiger partial charge in [-0.05, 0) is 61.7 Å². The van der Waals surface area contributed by atoms with Crippen molar-refractivity contribution in [2.75, 3.05) is 12.3 Å². The zero-order valence-electron chi connectivity index (χ0n) is 22.7. The van der Waals surface area contributed by atoms with Crippen molar-refractivity contribution < 1.29 is 37.4 Å². The number of rotatable bonds is 10. The summed E-state index contributed by atoms with van der Waals surface area (Å²) in [5.41, 5.74) is 2.32. The number of hydrogen-bond acceptors (Lipinski definition) is 10. The van der Waals surface area contributed by atoms with Crippen molar-refractivity contribution in [3.63, 3.8) is 0 Å². The molecule has 0 saturated carbocycles. The number of esters is 1. The monoisotopic (exact) mass is 704 g/mol. The van der Waals surface area contributed by atoms with Gasteiger partial charge in [-0.15, -0.1) is 0 Å². The van der Waals surface area contributed by atoms with E-state index >= 15 is 4.39 Å². The summed E-state index contributed by atoms with van der Waals surface area (Å²) in [5.74, 6) is -0.546. The highest BCUT2D eigenvalue weighted by Crippen LogP contribution is 2.48. The van der Waals surface area contributed by atoms with E-state index in [9.17, 15) is 19.3 Å². The van der Waals surface area contributed by atoms with Gasteiger partial charge in [-0.3, -0.25) is 13.9 Å². The van der Waals surface area contributed by atoms with Crippen LogP contribution in [0.4, 0.5) is 10.2 Å². The van der Waals surface area contributed by atoms with Gasteiger partial charge in [0, 0.05) is 11.6 Å². The Kier molecular flexibility index (Phi) is 9.41. The minimum absolute atomic E-state index is 0.0337. The summed E-state index contributed by atoms with van der Waals surface area (Å²) in [6.45, 7) is 5.18. The molecule has 4 rings (SSSR count). The van der Waals surface area contributed by atoms with Gasteiger partial charge in [0.2, 0.25) is 0 Å². The molecule has 15 heteroatoms. The molecule has 0 aliphatic carbocycles. The smallest absolute Gasteiger partial charge is 0.459 e. The summed E-state index contributed by atoms with van der Waals surface area (Å²) >= 11 is 1.83. The first-order valence-corrected chi connectivity index (χ1v) is 15.3. The van der Waals surface area contributed by atoms with E-state index in [2.05, 4.69) is 10.1 Å². The standard InChI is InChI=1S/C26H31FIN4O8P/c1-14(2)38-23(34)15(3)31-41(36,40-19-11-7-9-16-8-5-6-10-17(16)19)37-13-20-21(33)26(4,27)24(39-20)32-12-18(28)22(29)30-25(32)35/h5-12,14-15,20-21,24,33H,13H2,1-4H3,(H,31,36)(H2,29,30,35)/t15-,20-,21-,24?,26-,41?/m1/s1. The topological polar surface area (TPSA) is 164 Å². The molecule has 4 N–H and O–H groups in total. The van der Waals surface area contributed by atoms with Gasteiger partial charge in [0.1, 0.15) is 29.8 Å². The second-order valence-electron chi connectivity index (χ2n) is 9.99. The van der Waals surface area contributed by atoms with Gasteiger partial charge in [0.15, 0.2) is 11.9 Å². The molecule has 1 aromatic heterocycles. The Morgan fingerprint density at radius 3 is 2.68 bits per heavy atom. The number of alkyl halides is 1. The number of nitrogens with two attached hydrogens (primary N) is 1. The number of nitrogens with zero attached hydrogens (tertiary/aromatic N) is 2. The lowest BCUT2D eigenvalue weighted by molar-refractivity contribution is -0.149. The van der Waals surface area contributed by atoms with E-state index in [0.717, 1.165) is 16.9 Å². The number of fused-ring (bicyclic) bond motifs is 1. The second kappa shape index (κ2) is 12.3. The molecular weight excluding hydrogens is 673 g/mol. The van der Waals surface area contributed by atoms with E-state index in [4.69, 9.17) is 24.3 Å². The summed E-state index contributed by atoms with van der Waals surface area (Å²) in [6, 6.07) is 11.2. The fraction of sp³-hybridized carbons (Fsp3) is 0.423. The van der Waals surface area contributed by atoms with E-state index in [1.165, 1.54) is 13.1 Å². The number of aliphatic hydroxyl groups excluding tert-OH is 1. The lowest BCUT2D eigenvalue weighted by Crippen LogP contribution is -2.43. The Balaban J connectivity index is 1.60. The molecule has 12 nitrogen and oxygen atoms in total. The van der Waals surface area contributed by atoms with Gasteiger partial charge in [0.05, 0.1) is 16.3 Å². The quantitative estimate of drug-likeness (QED) is 0.160. The van der Waals surface area contributed by atoms with E-state index in [0.29, 0.717) is 8.96 Å². The number of anilines is 1. The number of nitrogen functional groups attached to an aromatic ring is 1. The number of hydrogen-bond donors (Lipinski definition) is 3. The maximum absolute atomic E-state index is 15.8. The summed E-state index contributed by atoms with van der Waals surface area (Å²) in [5, 5.41) is 14.8. The number of benzene rings is 2. The SMILES string of the molecule is CC(C)OC(=O)[C@@H](C)NP(=O)(OC[C@H]1OC(n2cc(I)c(N)nc2=O)[C@](C)(F)[C@@H]1O)Oc1cccc2ccccc12. The maximum Gasteiger partial charge on any atom is 0.459 e. The number of carbonyl (C=O) groups excluding carboxylic acids is 1. The van der Waals surface area contributed by atoms with Crippen LogP contribution in [0.25, 0.3) is 10.8 Å². The highest BCUT2D eigenvalue weighted by atomic mass is 127. The molecule has 3 aromatic rings. The van der Waals surface area contributed by atoms with Gasteiger partial charge >= 0.3 is 19.4 Å². The van der Waals surface area contributed by atoms with Crippen LogP contribution in [0.2, 0.25) is 0 Å². The van der Waals surface area contributed by atoms with Crippen LogP contribution in [0.1, 0.15) is 33.9 Å². The molecule has 1 aliphatic rings. The van der Waals surface area contributed by atoms with Crippen LogP contribution in [-0.2, 0) is 23.4 Å². The van der Waals surface area contributed by atoms with Gasteiger partial charge in [-0.1, -0.05) is 36.4 Å². The molecule has 222 valence electrons. The molecule has 41 heavy (non-hydrogen) atoms. The zero-order chi connectivity index (χ0) is 30.1. The van der Waals surface area contributed by atoms with Gasteiger partial charge in [-0.2, -0.15) is 10.1 Å². The summed E-state index contributed by atoms with van der Waals surface area (Å²) < 4.78 is 53.5. The molecule has 0 radical (unpaired) electrons. The van der Waals surface area contributed by atoms with Crippen molar-refractivity contribution in [3.8, 4) is 5.75 Å². The van der Waals surface area contributed by atoms with Gasteiger partial charge in [0.25, 0.3) is 0 Å². The van der Waals surface area contributed by atoms with E-state index < -0.39 is 62.3 Å². The predicted molar refractivity (Wildman–Crippen MR) is 157 cm³/mol. The number of aliphatic hydroxyl groups is 1. The van der Waals surface area contributed by atoms with Crippen LogP contribution < -0.4 is 21.0 Å². The van der Waals surface area contributed by atoms with E-state index in [1.54, 1.807) is 38.1 Å². The largest absolute Gasteiger partial charge is 0.462 e. The maximum atomic E-state index is 15.8. The fourth-order valence-corrected chi connectivity index (χ4v) is 6.21. The van der Waals surface area contributed by atoms with Crippen molar-refractivity contribution in [1.29, 1.82) is 0 Å². The van der Waals surface area contributed by atoms with Crippen molar-refractivity contribution in [3.05, 3.63) is 62.7 Å². The van der Waals surface area contributed by atoms with Gasteiger partial charge < -0.3 is 24.8 Å². The normalized spacial score (nSPS) is 24.7. The fourth-order valence-electron chi connectivity index (χ4n) is 4.27. The molecule has 2 aromatic carbocycles. The molecule has 6 atom stereocenters. The first kappa shape index (κ1) is 31.3. The molecular formula is C26H31FIN4O8P. The summed E-state index contributed by atoms with van der Waals surface area (Å²) in [4.78, 5) is 28.6. The Labute approximate surface area is 249 Å². The third kappa shape index (κ3) is 6.89. The Morgan fingerprint density at radius 2 is 1.98 bits per heavy atom. The molecule has 1 aliphatic heterocycles. The molecule has 0 spiro atoms. The molecule has 1 saturated heterocycles. The van der Waals surface area contributed by atoms with Crippen molar-refractivity contribution in [1.82, 2.24) is 14.6 Å². The van der Waals surface area contributed by atoms with Crippen LogP contribution in [0.3, 0.4) is 0 Å². The minimum atomic E-state index is -4.40. The van der Waals surface area contributed by atoms with Gasteiger partial charge in [-0.25, -0.2) is 13.8 Å². The first-order chi connectivity index (χ1) is 19.2. The van der Waals surface area contributed by atoms with Crippen molar-refractivity contribution in [2.45, 2.75) is 63.9 Å². The highest BCUT2D eigenvalue weighted by molar-refractivity contribution is 14.1. The molecule has 0 amide bonds. The molecule has 2 unspecified atom stereocenters. The summed E-state index contributed by atoms with van der Waals surface area (Å²) in [7, 11) is -4.40. The summed E-state index contributed by atoms with van der Waals surface area (Å²) in [6.07, 6.45) is -3.94. The third-order valence-electron chi connectivity index (χ3n) is 6.34. The Bertz CT molecular complexity index is 1530. The molecule has 2 heterocycles.